The minimum absolute atomic E-state index is 0.639. The Morgan fingerprint density at radius 2 is 1.75 bits per heavy atom. The molecular weight excluding hydrogens is 198 g/mol. The van der Waals surface area contributed by atoms with E-state index in [-0.39, 0.29) is 0 Å². The molecule has 3 nitrogen and oxygen atoms in total. The van der Waals surface area contributed by atoms with E-state index in [9.17, 15) is 0 Å². The molecule has 0 aromatic heterocycles. The highest BCUT2D eigenvalue weighted by Crippen LogP contribution is 2.10. The van der Waals surface area contributed by atoms with Crippen molar-refractivity contribution < 1.29 is 0 Å². The molecule has 0 spiro atoms. The highest BCUT2D eigenvalue weighted by molar-refractivity contribution is 4.71. The molecule has 0 amide bonds. The lowest BCUT2D eigenvalue weighted by Gasteiger charge is -2.32. The van der Waals surface area contributed by atoms with Crippen LogP contribution in [0.15, 0.2) is 0 Å². The molecule has 0 saturated heterocycles. The molecule has 0 heterocycles. The van der Waals surface area contributed by atoms with Crippen LogP contribution in [0, 0.1) is 5.92 Å². The quantitative estimate of drug-likeness (QED) is 0.652. The fraction of sp³-hybridized carbons (Fsp3) is 1.00. The summed E-state index contributed by atoms with van der Waals surface area (Å²) in [4.78, 5) is 4.83. The monoisotopic (exact) mass is 229 g/mol. The first-order valence-corrected chi connectivity index (χ1v) is 6.60. The third-order valence-electron chi connectivity index (χ3n) is 3.11. The van der Waals surface area contributed by atoms with Gasteiger partial charge in [0.15, 0.2) is 0 Å². The van der Waals surface area contributed by atoms with E-state index in [4.69, 9.17) is 5.73 Å². The zero-order chi connectivity index (χ0) is 12.6. The van der Waals surface area contributed by atoms with Gasteiger partial charge in [0.05, 0.1) is 0 Å². The van der Waals surface area contributed by atoms with Crippen LogP contribution in [-0.2, 0) is 0 Å². The van der Waals surface area contributed by atoms with E-state index in [1.807, 2.05) is 0 Å². The van der Waals surface area contributed by atoms with Crippen LogP contribution in [-0.4, -0.2) is 56.1 Å². The average Bonchev–Trinajstić information content (AvgIpc) is 2.21. The summed E-state index contributed by atoms with van der Waals surface area (Å²) in [5, 5.41) is 0. The van der Waals surface area contributed by atoms with E-state index in [0.717, 1.165) is 32.0 Å². The first kappa shape index (κ1) is 15.9. The molecule has 0 aliphatic rings. The van der Waals surface area contributed by atoms with E-state index in [2.05, 4.69) is 44.7 Å². The van der Waals surface area contributed by atoms with Crippen molar-refractivity contribution in [2.75, 3.05) is 40.3 Å². The van der Waals surface area contributed by atoms with Crippen molar-refractivity contribution in [3.05, 3.63) is 0 Å². The van der Waals surface area contributed by atoms with Crippen molar-refractivity contribution >= 4 is 0 Å². The highest BCUT2D eigenvalue weighted by Gasteiger charge is 2.15. The van der Waals surface area contributed by atoms with Crippen LogP contribution in [0.2, 0.25) is 0 Å². The van der Waals surface area contributed by atoms with Crippen LogP contribution in [0.1, 0.15) is 33.6 Å². The van der Waals surface area contributed by atoms with Crippen LogP contribution in [0.4, 0.5) is 0 Å². The fourth-order valence-electron chi connectivity index (χ4n) is 2.22. The molecule has 0 aromatic rings. The highest BCUT2D eigenvalue weighted by atomic mass is 15.2. The van der Waals surface area contributed by atoms with E-state index < -0.39 is 0 Å². The van der Waals surface area contributed by atoms with Gasteiger partial charge < -0.3 is 10.6 Å². The minimum Gasteiger partial charge on any atom is -0.330 e. The van der Waals surface area contributed by atoms with Crippen molar-refractivity contribution in [2.24, 2.45) is 11.7 Å². The third-order valence-corrected chi connectivity index (χ3v) is 3.11. The smallest absolute Gasteiger partial charge is 0.0194 e. The number of nitrogens with zero attached hydrogens (tertiary/aromatic N) is 2. The lowest BCUT2D eigenvalue weighted by molar-refractivity contribution is 0.157. The van der Waals surface area contributed by atoms with Gasteiger partial charge in [-0.25, -0.2) is 0 Å². The summed E-state index contributed by atoms with van der Waals surface area (Å²) in [7, 11) is 4.28. The summed E-state index contributed by atoms with van der Waals surface area (Å²) in [6, 6.07) is 0.639. The molecule has 0 aromatic carbocycles. The van der Waals surface area contributed by atoms with Gasteiger partial charge in [0.2, 0.25) is 0 Å². The van der Waals surface area contributed by atoms with Gasteiger partial charge in [-0.1, -0.05) is 13.8 Å². The predicted molar refractivity (Wildman–Crippen MR) is 72.7 cm³/mol. The summed E-state index contributed by atoms with van der Waals surface area (Å²) in [6.07, 6.45) is 2.41. The first-order chi connectivity index (χ1) is 7.51. The van der Waals surface area contributed by atoms with Gasteiger partial charge in [0.25, 0.3) is 0 Å². The molecule has 0 rings (SSSR count). The van der Waals surface area contributed by atoms with E-state index in [1.54, 1.807) is 0 Å². The maximum Gasteiger partial charge on any atom is 0.0194 e. The zero-order valence-corrected chi connectivity index (χ0v) is 11.9. The van der Waals surface area contributed by atoms with E-state index in [1.165, 1.54) is 13.0 Å². The largest absolute Gasteiger partial charge is 0.330 e. The second kappa shape index (κ2) is 8.97. The van der Waals surface area contributed by atoms with Crippen LogP contribution >= 0.6 is 0 Å². The Labute approximate surface area is 102 Å². The maximum atomic E-state index is 5.55. The van der Waals surface area contributed by atoms with Crippen molar-refractivity contribution in [3.8, 4) is 0 Å². The Balaban J connectivity index is 3.97. The zero-order valence-electron chi connectivity index (χ0n) is 11.9. The molecule has 98 valence electrons. The van der Waals surface area contributed by atoms with Crippen molar-refractivity contribution in [1.82, 2.24) is 9.80 Å². The molecule has 3 heteroatoms. The van der Waals surface area contributed by atoms with Gasteiger partial charge in [-0.3, -0.25) is 4.90 Å². The molecule has 2 N–H and O–H groups in total. The molecule has 0 fully saturated rings. The summed E-state index contributed by atoms with van der Waals surface area (Å²) in [5.41, 5.74) is 5.55. The Bertz CT molecular complexity index is 159. The minimum atomic E-state index is 0.639. The van der Waals surface area contributed by atoms with Gasteiger partial charge in [-0.05, 0) is 52.9 Å². The number of hydrogen-bond acceptors (Lipinski definition) is 3. The van der Waals surface area contributed by atoms with Crippen LogP contribution in [0.25, 0.3) is 0 Å². The SMILES string of the molecule is CCN(CC(C)CCCN)C(C)CN(C)C. The number of likely N-dealkylation sites (N-methyl/N-ethyl adjacent to an activating group) is 2. The van der Waals surface area contributed by atoms with Crippen LogP contribution < -0.4 is 5.73 Å². The lowest BCUT2D eigenvalue weighted by atomic mass is 10.0. The third kappa shape index (κ3) is 7.20. The van der Waals surface area contributed by atoms with Crippen molar-refractivity contribution in [3.63, 3.8) is 0 Å². The molecule has 0 radical (unpaired) electrons. The van der Waals surface area contributed by atoms with Crippen molar-refractivity contribution in [2.45, 2.75) is 39.7 Å². The number of nitrogens with two attached hydrogens (primary N) is 1. The predicted octanol–water partition coefficient (Wildman–Crippen LogP) is 1.63. The molecule has 0 aliphatic heterocycles. The van der Waals surface area contributed by atoms with Crippen LogP contribution in [0.5, 0.6) is 0 Å². The first-order valence-electron chi connectivity index (χ1n) is 6.60. The molecule has 0 aliphatic carbocycles. The summed E-state index contributed by atoms with van der Waals surface area (Å²) in [6.45, 7) is 11.2. The van der Waals surface area contributed by atoms with Crippen LogP contribution in [0.3, 0.4) is 0 Å². The Kier molecular flexibility index (Phi) is 8.90. The Morgan fingerprint density at radius 3 is 2.19 bits per heavy atom. The Hall–Kier alpha value is -0.120. The number of rotatable bonds is 9. The molecule has 2 unspecified atom stereocenters. The van der Waals surface area contributed by atoms with Gasteiger partial charge in [0.1, 0.15) is 0 Å². The molecule has 0 saturated carbocycles. The molecule has 0 bridgehead atoms. The fourth-order valence-corrected chi connectivity index (χ4v) is 2.22. The molecule has 2 atom stereocenters. The number of hydrogen-bond donors (Lipinski definition) is 1. The Morgan fingerprint density at radius 1 is 1.12 bits per heavy atom. The van der Waals surface area contributed by atoms with E-state index in [0.29, 0.717) is 6.04 Å². The summed E-state index contributed by atoms with van der Waals surface area (Å²) >= 11 is 0. The van der Waals surface area contributed by atoms with Crippen molar-refractivity contribution in [1.29, 1.82) is 0 Å². The normalized spacial score (nSPS) is 15.8. The second-order valence-electron chi connectivity index (χ2n) is 5.23. The van der Waals surface area contributed by atoms with Gasteiger partial charge in [-0.15, -0.1) is 0 Å². The summed E-state index contributed by atoms with van der Waals surface area (Å²) < 4.78 is 0. The average molecular weight is 229 g/mol. The molecule has 16 heavy (non-hydrogen) atoms. The van der Waals surface area contributed by atoms with Gasteiger partial charge in [-0.2, -0.15) is 0 Å². The summed E-state index contributed by atoms with van der Waals surface area (Å²) in [5.74, 6) is 0.758. The topological polar surface area (TPSA) is 32.5 Å². The standard InChI is InChI=1S/C13H31N3/c1-6-16(13(3)11-15(4)5)10-12(2)8-7-9-14/h12-13H,6-11,14H2,1-5H3. The molecular formula is C13H31N3. The lowest BCUT2D eigenvalue weighted by Crippen LogP contribution is -2.42. The maximum absolute atomic E-state index is 5.55. The van der Waals surface area contributed by atoms with E-state index >= 15 is 0 Å². The van der Waals surface area contributed by atoms with Gasteiger partial charge >= 0.3 is 0 Å². The second-order valence-corrected chi connectivity index (χ2v) is 5.23. The van der Waals surface area contributed by atoms with Gasteiger partial charge in [0, 0.05) is 19.1 Å².